The number of fused-ring (bicyclic) bond motifs is 2. The summed E-state index contributed by atoms with van der Waals surface area (Å²) >= 11 is 0. The highest BCUT2D eigenvalue weighted by Crippen LogP contribution is 2.31. The lowest BCUT2D eigenvalue weighted by atomic mass is 9.99. The average molecular weight is 369 g/mol. The van der Waals surface area contributed by atoms with E-state index in [0.29, 0.717) is 11.2 Å². The first-order chi connectivity index (χ1) is 13.6. The molecule has 4 N–H and O–H groups in total. The van der Waals surface area contributed by atoms with Gasteiger partial charge in [0.25, 0.3) is 5.91 Å². The van der Waals surface area contributed by atoms with Crippen LogP contribution in [0.25, 0.3) is 44.5 Å². The average Bonchev–Trinajstić information content (AvgIpc) is 3.31. The van der Waals surface area contributed by atoms with Gasteiger partial charge in [0, 0.05) is 46.7 Å². The zero-order valence-electron chi connectivity index (χ0n) is 14.9. The van der Waals surface area contributed by atoms with Crippen LogP contribution in [0.3, 0.4) is 0 Å². The number of carbonyl (C=O) groups is 1. The van der Waals surface area contributed by atoms with Crippen molar-refractivity contribution in [1.29, 1.82) is 0 Å². The molecule has 0 saturated carbocycles. The summed E-state index contributed by atoms with van der Waals surface area (Å²) < 4.78 is 0. The van der Waals surface area contributed by atoms with Gasteiger partial charge in [0.05, 0.1) is 23.0 Å². The largest absolute Gasteiger partial charge is 0.366 e. The molecular formula is C20H15N7O. The molecule has 5 aromatic heterocycles. The fourth-order valence-corrected chi connectivity index (χ4v) is 3.42. The van der Waals surface area contributed by atoms with Gasteiger partial charge in [0.1, 0.15) is 5.69 Å². The minimum atomic E-state index is -0.503. The van der Waals surface area contributed by atoms with Gasteiger partial charge in [-0.25, -0.2) is 4.98 Å². The Kier molecular flexibility index (Phi) is 3.45. The number of carbonyl (C=O) groups excluding carboxylic acids is 1. The number of H-pyrrole nitrogens is 2. The summed E-state index contributed by atoms with van der Waals surface area (Å²) in [6.07, 6.45) is 8.45. The summed E-state index contributed by atoms with van der Waals surface area (Å²) in [5, 5.41) is 9.32. The molecule has 0 aliphatic heterocycles. The Morgan fingerprint density at radius 2 is 2.00 bits per heavy atom. The number of hydrogen-bond acceptors (Lipinski definition) is 5. The highest BCUT2D eigenvalue weighted by atomic mass is 16.1. The molecular weight excluding hydrogens is 354 g/mol. The number of pyridine rings is 3. The Morgan fingerprint density at radius 1 is 1.11 bits per heavy atom. The standard InChI is InChI=1S/C20H15N7O/c1-10-14(7-23-8-15(10)19(21)28)12-4-13-18(26-27-20(13)24-6-12)16-5-11-2-3-22-9-17(11)25-16/h2-9,25H,1H3,(H2,21,28)(H,24,26,27). The number of aromatic amines is 2. The first-order valence-electron chi connectivity index (χ1n) is 8.64. The maximum atomic E-state index is 11.6. The first kappa shape index (κ1) is 16.1. The summed E-state index contributed by atoms with van der Waals surface area (Å²) in [7, 11) is 0. The smallest absolute Gasteiger partial charge is 0.250 e. The Labute approximate surface area is 158 Å². The number of rotatable bonds is 3. The maximum absolute atomic E-state index is 11.6. The van der Waals surface area contributed by atoms with E-state index < -0.39 is 5.91 Å². The minimum Gasteiger partial charge on any atom is -0.366 e. The van der Waals surface area contributed by atoms with Crippen molar-refractivity contribution >= 4 is 27.8 Å². The van der Waals surface area contributed by atoms with Crippen LogP contribution in [0, 0.1) is 6.92 Å². The number of amides is 1. The first-order valence-corrected chi connectivity index (χ1v) is 8.64. The predicted molar refractivity (Wildman–Crippen MR) is 105 cm³/mol. The van der Waals surface area contributed by atoms with Crippen LogP contribution in [0.4, 0.5) is 0 Å². The van der Waals surface area contributed by atoms with Gasteiger partial charge in [-0.05, 0) is 30.7 Å². The summed E-state index contributed by atoms with van der Waals surface area (Å²) in [5.41, 5.74) is 11.5. The van der Waals surface area contributed by atoms with Gasteiger partial charge in [-0.1, -0.05) is 0 Å². The third kappa shape index (κ3) is 2.43. The normalized spacial score (nSPS) is 11.3. The molecule has 1 amide bonds. The molecule has 5 heterocycles. The topological polar surface area (TPSA) is 126 Å². The van der Waals surface area contributed by atoms with Crippen molar-refractivity contribution < 1.29 is 4.79 Å². The Bertz CT molecular complexity index is 1330. The van der Waals surface area contributed by atoms with E-state index in [4.69, 9.17) is 5.73 Å². The molecule has 0 spiro atoms. The fourth-order valence-electron chi connectivity index (χ4n) is 3.42. The number of nitrogens with zero attached hydrogens (tertiary/aromatic N) is 4. The molecule has 0 atom stereocenters. The minimum absolute atomic E-state index is 0.396. The number of aromatic nitrogens is 6. The zero-order chi connectivity index (χ0) is 19.3. The molecule has 0 unspecified atom stereocenters. The van der Waals surface area contributed by atoms with Crippen LogP contribution in [-0.2, 0) is 0 Å². The third-order valence-corrected chi connectivity index (χ3v) is 4.89. The second-order valence-electron chi connectivity index (χ2n) is 6.56. The second kappa shape index (κ2) is 5.98. The summed E-state index contributed by atoms with van der Waals surface area (Å²) in [5.74, 6) is -0.503. The molecule has 0 aromatic carbocycles. The number of nitrogens with two attached hydrogens (primary N) is 1. The van der Waals surface area contributed by atoms with E-state index in [-0.39, 0.29) is 0 Å². The molecule has 136 valence electrons. The third-order valence-electron chi connectivity index (χ3n) is 4.89. The van der Waals surface area contributed by atoms with Crippen molar-refractivity contribution in [2.45, 2.75) is 6.92 Å². The quantitative estimate of drug-likeness (QED) is 0.451. The molecule has 0 bridgehead atoms. The van der Waals surface area contributed by atoms with E-state index in [1.54, 1.807) is 24.8 Å². The van der Waals surface area contributed by atoms with Crippen LogP contribution in [-0.4, -0.2) is 36.0 Å². The van der Waals surface area contributed by atoms with Gasteiger partial charge in [-0.15, -0.1) is 0 Å². The predicted octanol–water partition coefficient (Wildman–Crippen LogP) is 2.97. The van der Waals surface area contributed by atoms with Gasteiger partial charge >= 0.3 is 0 Å². The molecule has 5 rings (SSSR count). The molecule has 0 fully saturated rings. The van der Waals surface area contributed by atoms with Crippen molar-refractivity contribution in [3.63, 3.8) is 0 Å². The molecule has 8 nitrogen and oxygen atoms in total. The Morgan fingerprint density at radius 3 is 2.82 bits per heavy atom. The fraction of sp³-hybridized carbons (Fsp3) is 0.0500. The van der Waals surface area contributed by atoms with Gasteiger partial charge in [-0.3, -0.25) is 19.9 Å². The van der Waals surface area contributed by atoms with E-state index in [2.05, 4.69) is 30.1 Å². The van der Waals surface area contributed by atoms with Crippen molar-refractivity contribution in [3.8, 4) is 22.5 Å². The molecule has 28 heavy (non-hydrogen) atoms. The maximum Gasteiger partial charge on any atom is 0.250 e. The lowest BCUT2D eigenvalue weighted by Crippen LogP contribution is -2.13. The number of nitrogens with one attached hydrogen (secondary N) is 2. The molecule has 0 saturated heterocycles. The van der Waals surface area contributed by atoms with E-state index >= 15 is 0 Å². The summed E-state index contributed by atoms with van der Waals surface area (Å²) in [4.78, 5) is 27.8. The Balaban J connectivity index is 1.69. The number of hydrogen-bond donors (Lipinski definition) is 3. The van der Waals surface area contributed by atoms with Crippen LogP contribution in [0.15, 0.2) is 49.2 Å². The molecule has 0 radical (unpaired) electrons. The second-order valence-corrected chi connectivity index (χ2v) is 6.56. The van der Waals surface area contributed by atoms with E-state index in [9.17, 15) is 4.79 Å². The highest BCUT2D eigenvalue weighted by Gasteiger charge is 2.15. The van der Waals surface area contributed by atoms with Gasteiger partial charge in [0.2, 0.25) is 0 Å². The van der Waals surface area contributed by atoms with Crippen LogP contribution < -0.4 is 5.73 Å². The van der Waals surface area contributed by atoms with Gasteiger partial charge < -0.3 is 10.7 Å². The monoisotopic (exact) mass is 369 g/mol. The summed E-state index contributed by atoms with van der Waals surface area (Å²) in [6.45, 7) is 1.85. The van der Waals surface area contributed by atoms with E-state index in [1.807, 2.05) is 25.1 Å². The summed E-state index contributed by atoms with van der Waals surface area (Å²) in [6, 6.07) is 5.96. The lowest BCUT2D eigenvalue weighted by Gasteiger charge is -2.08. The molecule has 8 heteroatoms. The zero-order valence-corrected chi connectivity index (χ0v) is 14.9. The van der Waals surface area contributed by atoms with Crippen LogP contribution in [0.2, 0.25) is 0 Å². The molecule has 5 aromatic rings. The van der Waals surface area contributed by atoms with Gasteiger partial charge in [-0.2, -0.15) is 5.10 Å². The lowest BCUT2D eigenvalue weighted by molar-refractivity contribution is 0.0999. The van der Waals surface area contributed by atoms with Crippen molar-refractivity contribution in [2.75, 3.05) is 0 Å². The SMILES string of the molecule is Cc1c(C(N)=O)cncc1-c1cnc2[nH]nc(-c3cc4ccncc4[nH]3)c2c1. The van der Waals surface area contributed by atoms with Crippen LogP contribution in [0.1, 0.15) is 15.9 Å². The molecule has 0 aliphatic carbocycles. The van der Waals surface area contributed by atoms with Crippen LogP contribution in [0.5, 0.6) is 0 Å². The van der Waals surface area contributed by atoms with Crippen molar-refractivity contribution in [3.05, 3.63) is 60.3 Å². The van der Waals surface area contributed by atoms with E-state index in [1.165, 1.54) is 6.20 Å². The number of primary amides is 1. The molecule has 0 aliphatic rings. The van der Waals surface area contributed by atoms with E-state index in [0.717, 1.165) is 44.4 Å². The highest BCUT2D eigenvalue weighted by molar-refractivity contribution is 5.98. The van der Waals surface area contributed by atoms with Crippen molar-refractivity contribution in [1.82, 2.24) is 30.1 Å². The van der Waals surface area contributed by atoms with Gasteiger partial charge in [0.15, 0.2) is 5.65 Å². The van der Waals surface area contributed by atoms with Crippen LogP contribution >= 0.6 is 0 Å². The Hall–Kier alpha value is -4.07. The van der Waals surface area contributed by atoms with Crippen molar-refractivity contribution in [2.24, 2.45) is 5.73 Å².